The van der Waals surface area contributed by atoms with Gasteiger partial charge in [0.1, 0.15) is 0 Å². The summed E-state index contributed by atoms with van der Waals surface area (Å²) in [7, 11) is 0. The highest BCUT2D eigenvalue weighted by Gasteiger charge is 2.00. The molecule has 0 atom stereocenters. The molecule has 2 heteroatoms. The van der Waals surface area contributed by atoms with Crippen LogP contribution in [-0.4, -0.2) is 4.98 Å². The minimum absolute atomic E-state index is 1.21. The van der Waals surface area contributed by atoms with E-state index >= 15 is 0 Å². The number of hydrogen-bond acceptors (Lipinski definition) is 2. The minimum atomic E-state index is 1.21. The predicted molar refractivity (Wildman–Crippen MR) is 57.0 cm³/mol. The maximum absolute atomic E-state index is 4.18. The summed E-state index contributed by atoms with van der Waals surface area (Å²) in [5.74, 6) is 0. The van der Waals surface area contributed by atoms with Crippen molar-refractivity contribution in [1.82, 2.24) is 4.98 Å². The van der Waals surface area contributed by atoms with Gasteiger partial charge in [-0.25, -0.2) is 0 Å². The molecule has 2 aromatic heterocycles. The Hall–Kier alpha value is -1.15. The number of hydrogen-bond donors (Lipinski definition) is 0. The van der Waals surface area contributed by atoms with E-state index in [0.29, 0.717) is 0 Å². The van der Waals surface area contributed by atoms with E-state index in [9.17, 15) is 0 Å². The van der Waals surface area contributed by atoms with Crippen molar-refractivity contribution in [2.75, 3.05) is 0 Å². The Bertz CT molecular complexity index is 418. The van der Waals surface area contributed by atoms with Crippen molar-refractivity contribution < 1.29 is 0 Å². The fourth-order valence-corrected chi connectivity index (χ4v) is 2.15. The molecule has 0 aliphatic carbocycles. The van der Waals surface area contributed by atoms with Gasteiger partial charge in [-0.15, -0.1) is 11.3 Å². The third-order valence-corrected chi connectivity index (χ3v) is 2.99. The first-order valence-corrected chi connectivity index (χ1v) is 5.11. The van der Waals surface area contributed by atoms with Gasteiger partial charge in [-0.05, 0) is 42.5 Å². The van der Waals surface area contributed by atoms with Gasteiger partial charge in [0.25, 0.3) is 0 Å². The van der Waals surface area contributed by atoms with Crippen molar-refractivity contribution in [3.63, 3.8) is 0 Å². The Labute approximate surface area is 82.1 Å². The van der Waals surface area contributed by atoms with Crippen LogP contribution in [0, 0.1) is 13.8 Å². The Balaban J connectivity index is 2.46. The second kappa shape index (κ2) is 3.30. The van der Waals surface area contributed by atoms with Gasteiger partial charge >= 0.3 is 0 Å². The van der Waals surface area contributed by atoms with Crippen LogP contribution in [0.25, 0.3) is 10.4 Å². The molecular formula is C11H11NS. The van der Waals surface area contributed by atoms with Crippen molar-refractivity contribution in [2.24, 2.45) is 0 Å². The van der Waals surface area contributed by atoms with Gasteiger partial charge in [0, 0.05) is 22.8 Å². The van der Waals surface area contributed by atoms with E-state index in [1.54, 1.807) is 11.3 Å². The van der Waals surface area contributed by atoms with Crippen LogP contribution in [0.4, 0.5) is 0 Å². The van der Waals surface area contributed by atoms with Gasteiger partial charge in [-0.3, -0.25) is 4.98 Å². The average Bonchev–Trinajstić information content (AvgIpc) is 2.52. The molecule has 13 heavy (non-hydrogen) atoms. The highest BCUT2D eigenvalue weighted by Crippen LogP contribution is 2.26. The molecule has 0 saturated heterocycles. The Kier molecular flexibility index (Phi) is 2.15. The second-order valence-electron chi connectivity index (χ2n) is 3.24. The summed E-state index contributed by atoms with van der Waals surface area (Å²) in [6.45, 7) is 4.18. The lowest BCUT2D eigenvalue weighted by Crippen LogP contribution is -1.78. The molecule has 2 rings (SSSR count). The normalized spacial score (nSPS) is 10.3. The van der Waals surface area contributed by atoms with E-state index in [1.165, 1.54) is 21.6 Å². The number of aryl methyl sites for hydroxylation is 2. The number of rotatable bonds is 1. The van der Waals surface area contributed by atoms with Crippen LogP contribution in [0.1, 0.15) is 11.1 Å². The molecule has 0 radical (unpaired) electrons. The van der Waals surface area contributed by atoms with E-state index in [0.717, 1.165) is 0 Å². The largest absolute Gasteiger partial charge is 0.264 e. The van der Waals surface area contributed by atoms with E-state index in [4.69, 9.17) is 0 Å². The van der Waals surface area contributed by atoms with Gasteiger partial charge < -0.3 is 0 Å². The lowest BCUT2D eigenvalue weighted by Gasteiger charge is -1.96. The monoisotopic (exact) mass is 189 g/mol. The fraction of sp³-hybridized carbons (Fsp3) is 0.182. The van der Waals surface area contributed by atoms with Crippen molar-refractivity contribution >= 4 is 11.3 Å². The van der Waals surface area contributed by atoms with Crippen LogP contribution >= 0.6 is 11.3 Å². The minimum Gasteiger partial charge on any atom is -0.264 e. The summed E-state index contributed by atoms with van der Waals surface area (Å²) < 4.78 is 0. The molecule has 0 N–H and O–H groups in total. The lowest BCUT2D eigenvalue weighted by molar-refractivity contribution is 1.27. The molecule has 0 aliphatic heterocycles. The van der Waals surface area contributed by atoms with Crippen LogP contribution in [0.5, 0.6) is 0 Å². The van der Waals surface area contributed by atoms with E-state index in [-0.39, 0.29) is 0 Å². The van der Waals surface area contributed by atoms with E-state index in [1.807, 2.05) is 12.4 Å². The molecule has 0 saturated carbocycles. The van der Waals surface area contributed by atoms with Gasteiger partial charge in [0.2, 0.25) is 0 Å². The van der Waals surface area contributed by atoms with E-state index in [2.05, 4.69) is 36.3 Å². The molecule has 0 aromatic carbocycles. The zero-order chi connectivity index (χ0) is 9.26. The van der Waals surface area contributed by atoms with Gasteiger partial charge in [0.15, 0.2) is 0 Å². The Morgan fingerprint density at radius 1 is 1.08 bits per heavy atom. The Morgan fingerprint density at radius 3 is 2.54 bits per heavy atom. The predicted octanol–water partition coefficient (Wildman–Crippen LogP) is 3.43. The first-order chi connectivity index (χ1) is 6.25. The molecule has 0 fully saturated rings. The van der Waals surface area contributed by atoms with Crippen molar-refractivity contribution in [3.8, 4) is 10.4 Å². The molecule has 0 bridgehead atoms. The highest BCUT2D eigenvalue weighted by atomic mass is 32.1. The summed E-state index contributed by atoms with van der Waals surface area (Å²) in [4.78, 5) is 5.48. The zero-order valence-electron chi connectivity index (χ0n) is 7.74. The number of aromatic nitrogens is 1. The molecule has 0 amide bonds. The third kappa shape index (κ3) is 1.78. The molecule has 0 aliphatic rings. The van der Waals surface area contributed by atoms with Crippen LogP contribution < -0.4 is 0 Å². The van der Waals surface area contributed by atoms with Crippen molar-refractivity contribution in [3.05, 3.63) is 41.0 Å². The number of nitrogens with zero attached hydrogens (tertiary/aromatic N) is 1. The highest BCUT2D eigenvalue weighted by molar-refractivity contribution is 7.13. The summed E-state index contributed by atoms with van der Waals surface area (Å²) >= 11 is 1.77. The molecule has 2 aromatic rings. The quantitative estimate of drug-likeness (QED) is 0.669. The second-order valence-corrected chi connectivity index (χ2v) is 4.15. The van der Waals surface area contributed by atoms with Gasteiger partial charge in [-0.1, -0.05) is 0 Å². The first kappa shape index (κ1) is 8.45. The first-order valence-electron chi connectivity index (χ1n) is 4.23. The SMILES string of the molecule is Cc1cncc(-c2cc(C)cs2)c1. The summed E-state index contributed by atoms with van der Waals surface area (Å²) in [5, 5.41) is 2.16. The van der Waals surface area contributed by atoms with Crippen molar-refractivity contribution in [2.45, 2.75) is 13.8 Å². The topological polar surface area (TPSA) is 12.9 Å². The molecule has 0 spiro atoms. The molecule has 2 heterocycles. The number of thiophene rings is 1. The molecule has 66 valence electrons. The zero-order valence-corrected chi connectivity index (χ0v) is 8.56. The van der Waals surface area contributed by atoms with Crippen LogP contribution in [-0.2, 0) is 0 Å². The van der Waals surface area contributed by atoms with Gasteiger partial charge in [0.05, 0.1) is 0 Å². The smallest absolute Gasteiger partial charge is 0.0361 e. The van der Waals surface area contributed by atoms with Gasteiger partial charge in [-0.2, -0.15) is 0 Å². The third-order valence-electron chi connectivity index (χ3n) is 1.89. The van der Waals surface area contributed by atoms with Crippen LogP contribution in [0.2, 0.25) is 0 Å². The Morgan fingerprint density at radius 2 is 1.92 bits per heavy atom. The van der Waals surface area contributed by atoms with Crippen LogP contribution in [0.3, 0.4) is 0 Å². The molecule has 0 unspecified atom stereocenters. The summed E-state index contributed by atoms with van der Waals surface area (Å²) in [6.07, 6.45) is 3.79. The average molecular weight is 189 g/mol. The maximum Gasteiger partial charge on any atom is 0.0361 e. The van der Waals surface area contributed by atoms with Crippen molar-refractivity contribution in [1.29, 1.82) is 0 Å². The molecule has 1 nitrogen and oxygen atoms in total. The van der Waals surface area contributed by atoms with E-state index < -0.39 is 0 Å². The van der Waals surface area contributed by atoms with Crippen LogP contribution in [0.15, 0.2) is 29.9 Å². The fourth-order valence-electron chi connectivity index (χ4n) is 1.27. The summed E-state index contributed by atoms with van der Waals surface area (Å²) in [6, 6.07) is 4.36. The molecular weight excluding hydrogens is 178 g/mol. The lowest BCUT2D eigenvalue weighted by atomic mass is 10.2. The summed E-state index contributed by atoms with van der Waals surface area (Å²) in [5.41, 5.74) is 3.75. The standard InChI is InChI=1S/C11H11NS/c1-8-3-10(6-12-5-8)11-4-9(2)7-13-11/h3-7H,1-2H3. The number of pyridine rings is 1. The maximum atomic E-state index is 4.18.